The molecule has 0 aromatic heterocycles. The quantitative estimate of drug-likeness (QED) is 0.504. The molecule has 8 heavy (non-hydrogen) atoms. The van der Waals surface area contributed by atoms with E-state index in [0.29, 0.717) is 0 Å². The molecular weight excluding hydrogens is 120 g/mol. The fraction of sp³-hybridized carbons (Fsp3) is 0. The van der Waals surface area contributed by atoms with E-state index in [0.717, 1.165) is 5.92 Å². The summed E-state index contributed by atoms with van der Waals surface area (Å²) in [5, 5.41) is 0. The molecule has 1 rings (SSSR count). The fourth-order valence-corrected chi connectivity index (χ4v) is 0.718. The van der Waals surface area contributed by atoms with Gasteiger partial charge in [0.25, 0.3) is 0 Å². The molecule has 0 N–H and O–H groups in total. The van der Waals surface area contributed by atoms with Crippen molar-refractivity contribution in [2.24, 2.45) is 0 Å². The summed E-state index contributed by atoms with van der Waals surface area (Å²) in [6.45, 7) is 0. The lowest BCUT2D eigenvalue weighted by Gasteiger charge is -1.93. The second kappa shape index (κ2) is 3.13. The Bertz CT molecular complexity index is 80.4. The summed E-state index contributed by atoms with van der Waals surface area (Å²) in [4.78, 5) is 0. The van der Waals surface area contributed by atoms with Gasteiger partial charge in [-0.15, -0.1) is 0 Å². The zero-order chi connectivity index (χ0) is 5.82. The second-order valence-corrected chi connectivity index (χ2v) is 1.76. The molecule has 5 radical (unpaired) electrons. The van der Waals surface area contributed by atoms with Crippen LogP contribution in [0.5, 0.6) is 0 Å². The Morgan fingerprint density at radius 3 is 2.38 bits per heavy atom. The van der Waals surface area contributed by atoms with Gasteiger partial charge in [-0.05, 0) is 25.7 Å². The highest BCUT2D eigenvalue weighted by atomic mass is 35.5. The molecule has 1 saturated carbocycles. The Balaban J connectivity index is 2.24. The molecule has 1 heteroatoms. The first-order valence-electron chi connectivity index (χ1n) is 2.42. The van der Waals surface area contributed by atoms with Crippen LogP contribution in [0, 0.1) is 31.6 Å². The van der Waals surface area contributed by atoms with Crippen LogP contribution in [0.4, 0.5) is 0 Å². The summed E-state index contributed by atoms with van der Waals surface area (Å²) in [5.41, 5.74) is 1.51. The lowest BCUT2D eigenvalue weighted by Crippen LogP contribution is -1.81. The third kappa shape index (κ3) is 1.52. The van der Waals surface area contributed by atoms with Crippen molar-refractivity contribution in [1.29, 1.82) is 0 Å². The SMILES string of the molecule is Cl/C=C\[C]1[CH][CH][CH][CH]1. The van der Waals surface area contributed by atoms with Crippen LogP contribution in [0.25, 0.3) is 0 Å². The maximum atomic E-state index is 5.31. The Morgan fingerprint density at radius 2 is 1.88 bits per heavy atom. The Kier molecular flexibility index (Phi) is 2.41. The van der Waals surface area contributed by atoms with Gasteiger partial charge in [-0.1, -0.05) is 17.7 Å². The largest absolute Gasteiger partial charge is 0.0933 e. The van der Waals surface area contributed by atoms with Gasteiger partial charge in [-0.25, -0.2) is 0 Å². The van der Waals surface area contributed by atoms with Crippen LogP contribution in [0.3, 0.4) is 0 Å². The van der Waals surface area contributed by atoms with E-state index in [2.05, 4.69) is 0 Å². The van der Waals surface area contributed by atoms with Gasteiger partial charge in [0.2, 0.25) is 0 Å². The standard InChI is InChI=1S/C7H6Cl/c8-6-5-7-3-1-2-4-7/h1-6H/b6-5-. The number of hydrogen-bond donors (Lipinski definition) is 0. The molecular formula is C7H6Cl. The molecule has 0 atom stereocenters. The molecule has 0 aromatic rings. The maximum Gasteiger partial charge on any atom is 0.00588 e. The zero-order valence-corrected chi connectivity index (χ0v) is 5.10. The van der Waals surface area contributed by atoms with Crippen LogP contribution in [0.2, 0.25) is 0 Å². The van der Waals surface area contributed by atoms with Crippen LogP contribution in [0.1, 0.15) is 0 Å². The lowest BCUT2D eigenvalue weighted by atomic mass is 10.1. The van der Waals surface area contributed by atoms with E-state index in [9.17, 15) is 0 Å². The first-order valence-corrected chi connectivity index (χ1v) is 2.85. The van der Waals surface area contributed by atoms with E-state index in [-0.39, 0.29) is 0 Å². The van der Waals surface area contributed by atoms with Gasteiger partial charge in [0, 0.05) is 11.5 Å². The minimum absolute atomic E-state index is 1.15. The number of hydrogen-bond acceptors (Lipinski definition) is 0. The maximum absolute atomic E-state index is 5.31. The zero-order valence-electron chi connectivity index (χ0n) is 4.34. The van der Waals surface area contributed by atoms with Crippen molar-refractivity contribution < 1.29 is 0 Å². The number of rotatable bonds is 1. The second-order valence-electron chi connectivity index (χ2n) is 1.51. The van der Waals surface area contributed by atoms with Gasteiger partial charge < -0.3 is 0 Å². The molecule has 0 aliphatic heterocycles. The van der Waals surface area contributed by atoms with E-state index in [1.807, 2.05) is 31.8 Å². The molecule has 0 saturated heterocycles. The molecule has 0 unspecified atom stereocenters. The molecule has 0 nitrogen and oxygen atoms in total. The van der Waals surface area contributed by atoms with Crippen molar-refractivity contribution >= 4 is 11.6 Å². The molecule has 0 spiro atoms. The topological polar surface area (TPSA) is 0 Å². The van der Waals surface area contributed by atoms with Gasteiger partial charge in [-0.2, -0.15) is 0 Å². The molecule has 1 fully saturated rings. The van der Waals surface area contributed by atoms with Crippen molar-refractivity contribution in [3.8, 4) is 0 Å². The van der Waals surface area contributed by atoms with Gasteiger partial charge >= 0.3 is 0 Å². The van der Waals surface area contributed by atoms with Gasteiger partial charge in [0.05, 0.1) is 0 Å². The minimum atomic E-state index is 1.15. The summed E-state index contributed by atoms with van der Waals surface area (Å²) < 4.78 is 0. The van der Waals surface area contributed by atoms with E-state index < -0.39 is 0 Å². The number of allylic oxidation sites excluding steroid dienone is 1. The first kappa shape index (κ1) is 6.15. The van der Waals surface area contributed by atoms with Gasteiger partial charge in [0.1, 0.15) is 0 Å². The summed E-state index contributed by atoms with van der Waals surface area (Å²) in [6.07, 6.45) is 9.80. The van der Waals surface area contributed by atoms with Crippen molar-refractivity contribution in [3.05, 3.63) is 43.2 Å². The first-order chi connectivity index (χ1) is 3.93. The van der Waals surface area contributed by atoms with E-state index >= 15 is 0 Å². The normalized spacial score (nSPS) is 23.1. The summed E-state index contributed by atoms with van der Waals surface area (Å²) >= 11 is 5.31. The smallest absolute Gasteiger partial charge is 0.00588 e. The van der Waals surface area contributed by atoms with Crippen LogP contribution in [-0.4, -0.2) is 0 Å². The van der Waals surface area contributed by atoms with Crippen molar-refractivity contribution in [3.63, 3.8) is 0 Å². The number of halogens is 1. The van der Waals surface area contributed by atoms with E-state index in [1.54, 1.807) is 0 Å². The predicted octanol–water partition coefficient (Wildman–Crippen LogP) is 2.14. The average molecular weight is 126 g/mol. The Morgan fingerprint density at radius 1 is 1.25 bits per heavy atom. The highest BCUT2D eigenvalue weighted by Gasteiger charge is 2.12. The summed E-state index contributed by atoms with van der Waals surface area (Å²) in [7, 11) is 0. The minimum Gasteiger partial charge on any atom is -0.0933 e. The van der Waals surface area contributed by atoms with Gasteiger partial charge in [0.15, 0.2) is 0 Å². The molecule has 41 valence electrons. The molecule has 1 aliphatic rings. The van der Waals surface area contributed by atoms with E-state index in [4.69, 9.17) is 11.6 Å². The van der Waals surface area contributed by atoms with Gasteiger partial charge in [-0.3, -0.25) is 0 Å². The monoisotopic (exact) mass is 125 g/mol. The van der Waals surface area contributed by atoms with Crippen LogP contribution < -0.4 is 0 Å². The molecule has 1 aliphatic carbocycles. The molecule has 0 bridgehead atoms. The Labute approximate surface area is 55.5 Å². The lowest BCUT2D eigenvalue weighted by molar-refractivity contribution is 1.38. The van der Waals surface area contributed by atoms with Crippen LogP contribution >= 0.6 is 11.6 Å². The molecule has 0 heterocycles. The third-order valence-corrected chi connectivity index (χ3v) is 1.07. The highest BCUT2D eigenvalue weighted by Crippen LogP contribution is 2.23. The molecule has 0 amide bonds. The molecule has 0 aromatic carbocycles. The average Bonchev–Trinajstić information content (AvgIpc) is 2.19. The van der Waals surface area contributed by atoms with Crippen molar-refractivity contribution in [1.82, 2.24) is 0 Å². The fourth-order valence-electron chi connectivity index (χ4n) is 0.573. The predicted molar refractivity (Wildman–Crippen MR) is 35.4 cm³/mol. The van der Waals surface area contributed by atoms with E-state index in [1.165, 1.54) is 5.54 Å². The third-order valence-electron chi connectivity index (χ3n) is 0.944. The highest BCUT2D eigenvalue weighted by molar-refractivity contribution is 6.25. The Hall–Kier alpha value is 0.0300. The van der Waals surface area contributed by atoms with Crippen LogP contribution in [-0.2, 0) is 0 Å². The summed E-state index contributed by atoms with van der Waals surface area (Å²) in [6, 6.07) is 0. The van der Waals surface area contributed by atoms with Crippen molar-refractivity contribution in [2.45, 2.75) is 0 Å². The van der Waals surface area contributed by atoms with Crippen molar-refractivity contribution in [2.75, 3.05) is 0 Å². The van der Waals surface area contributed by atoms with Crippen LogP contribution in [0.15, 0.2) is 11.6 Å². The summed E-state index contributed by atoms with van der Waals surface area (Å²) in [5.74, 6) is 1.15.